The van der Waals surface area contributed by atoms with Crippen molar-refractivity contribution in [2.24, 2.45) is 0 Å². The highest BCUT2D eigenvalue weighted by Gasteiger charge is 2.17. The highest BCUT2D eigenvalue weighted by molar-refractivity contribution is 5.70. The lowest BCUT2D eigenvalue weighted by molar-refractivity contribution is -0.148. The SMILES string of the molecule is CC(C)(C)OCCOC(=O)CC1COCCN1. The lowest BCUT2D eigenvalue weighted by Gasteiger charge is -2.23. The van der Waals surface area contributed by atoms with Crippen LogP contribution >= 0.6 is 0 Å². The predicted octanol–water partition coefficient (Wildman–Crippen LogP) is 0.723. The zero-order valence-electron chi connectivity index (χ0n) is 11.0. The molecule has 1 atom stereocenters. The number of carbonyl (C=O) groups is 1. The van der Waals surface area contributed by atoms with Crippen LogP contribution in [0.4, 0.5) is 0 Å². The van der Waals surface area contributed by atoms with Crippen LogP contribution in [0.1, 0.15) is 27.2 Å². The molecule has 1 heterocycles. The number of hydrogen-bond acceptors (Lipinski definition) is 5. The minimum absolute atomic E-state index is 0.0831. The zero-order valence-corrected chi connectivity index (χ0v) is 11.0. The average molecular weight is 245 g/mol. The number of esters is 1. The first kappa shape index (κ1) is 14.4. The fourth-order valence-corrected chi connectivity index (χ4v) is 1.51. The van der Waals surface area contributed by atoms with Gasteiger partial charge in [-0.25, -0.2) is 0 Å². The molecule has 100 valence electrons. The number of nitrogens with one attached hydrogen (secondary N) is 1. The number of hydrogen-bond donors (Lipinski definition) is 1. The van der Waals surface area contributed by atoms with Crippen LogP contribution < -0.4 is 5.32 Å². The summed E-state index contributed by atoms with van der Waals surface area (Å²) in [5.41, 5.74) is -0.189. The Balaban J connectivity index is 2.04. The quantitative estimate of drug-likeness (QED) is 0.571. The first-order chi connectivity index (χ1) is 7.97. The summed E-state index contributed by atoms with van der Waals surface area (Å²) < 4.78 is 15.8. The van der Waals surface area contributed by atoms with Gasteiger partial charge in [0.2, 0.25) is 0 Å². The van der Waals surface area contributed by atoms with Crippen molar-refractivity contribution in [2.75, 3.05) is 33.0 Å². The molecule has 17 heavy (non-hydrogen) atoms. The van der Waals surface area contributed by atoms with Crippen LogP contribution in [-0.2, 0) is 19.0 Å². The Bertz CT molecular complexity index is 231. The molecule has 1 N–H and O–H groups in total. The van der Waals surface area contributed by atoms with E-state index in [1.807, 2.05) is 20.8 Å². The van der Waals surface area contributed by atoms with Gasteiger partial charge < -0.3 is 19.5 Å². The summed E-state index contributed by atoms with van der Waals surface area (Å²) >= 11 is 0. The second-order valence-electron chi connectivity index (χ2n) is 5.11. The van der Waals surface area contributed by atoms with Gasteiger partial charge in [0.25, 0.3) is 0 Å². The Labute approximate surface area is 103 Å². The third-order valence-electron chi connectivity index (χ3n) is 2.29. The van der Waals surface area contributed by atoms with Gasteiger partial charge in [-0.2, -0.15) is 0 Å². The van der Waals surface area contributed by atoms with Crippen LogP contribution in [0.25, 0.3) is 0 Å². The van der Waals surface area contributed by atoms with Crippen molar-refractivity contribution >= 4 is 5.97 Å². The fraction of sp³-hybridized carbons (Fsp3) is 0.917. The highest BCUT2D eigenvalue weighted by atomic mass is 16.6. The first-order valence-electron chi connectivity index (χ1n) is 6.08. The van der Waals surface area contributed by atoms with Crippen molar-refractivity contribution < 1.29 is 19.0 Å². The summed E-state index contributed by atoms with van der Waals surface area (Å²) in [7, 11) is 0. The molecular weight excluding hydrogens is 222 g/mol. The standard InChI is InChI=1S/C12H23NO4/c1-12(2,3)17-7-6-16-11(14)8-10-9-15-5-4-13-10/h10,13H,4-9H2,1-3H3. The molecule has 5 nitrogen and oxygen atoms in total. The molecule has 1 aliphatic rings. The van der Waals surface area contributed by atoms with E-state index in [0.29, 0.717) is 32.8 Å². The van der Waals surface area contributed by atoms with Gasteiger partial charge in [0.15, 0.2) is 0 Å². The van der Waals surface area contributed by atoms with Crippen molar-refractivity contribution in [2.45, 2.75) is 38.8 Å². The van der Waals surface area contributed by atoms with E-state index in [0.717, 1.165) is 6.54 Å². The Morgan fingerprint density at radius 1 is 1.41 bits per heavy atom. The molecule has 1 aliphatic heterocycles. The van der Waals surface area contributed by atoms with E-state index in [1.54, 1.807) is 0 Å². The fourth-order valence-electron chi connectivity index (χ4n) is 1.51. The number of morpholine rings is 1. The molecule has 0 aromatic heterocycles. The molecule has 1 rings (SSSR count). The molecule has 0 spiro atoms. The molecule has 0 saturated carbocycles. The van der Waals surface area contributed by atoms with Crippen LogP contribution in [0.15, 0.2) is 0 Å². The van der Waals surface area contributed by atoms with Crippen molar-refractivity contribution in [1.29, 1.82) is 0 Å². The molecule has 0 aromatic rings. The van der Waals surface area contributed by atoms with Gasteiger partial charge in [0, 0.05) is 12.6 Å². The van der Waals surface area contributed by atoms with E-state index in [1.165, 1.54) is 0 Å². The van der Waals surface area contributed by atoms with E-state index in [4.69, 9.17) is 14.2 Å². The molecule has 0 radical (unpaired) electrons. The Kier molecular flexibility index (Phi) is 5.88. The van der Waals surface area contributed by atoms with Gasteiger partial charge in [0.05, 0.1) is 31.8 Å². The van der Waals surface area contributed by atoms with Crippen LogP contribution in [-0.4, -0.2) is 50.6 Å². The summed E-state index contributed by atoms with van der Waals surface area (Å²) in [6.45, 7) is 8.74. The summed E-state index contributed by atoms with van der Waals surface area (Å²) in [4.78, 5) is 11.5. The van der Waals surface area contributed by atoms with Gasteiger partial charge in [0.1, 0.15) is 6.61 Å². The van der Waals surface area contributed by atoms with Crippen LogP contribution in [0.5, 0.6) is 0 Å². The lowest BCUT2D eigenvalue weighted by atomic mass is 10.2. The summed E-state index contributed by atoms with van der Waals surface area (Å²) in [6, 6.07) is 0.0831. The first-order valence-corrected chi connectivity index (χ1v) is 6.08. The molecule has 1 unspecified atom stereocenters. The molecule has 0 amide bonds. The van der Waals surface area contributed by atoms with E-state index in [-0.39, 0.29) is 17.6 Å². The molecule has 0 aliphatic carbocycles. The van der Waals surface area contributed by atoms with Crippen LogP contribution in [0.2, 0.25) is 0 Å². The topological polar surface area (TPSA) is 56.8 Å². The van der Waals surface area contributed by atoms with E-state index >= 15 is 0 Å². The third-order valence-corrected chi connectivity index (χ3v) is 2.29. The van der Waals surface area contributed by atoms with E-state index in [9.17, 15) is 4.79 Å². The van der Waals surface area contributed by atoms with E-state index in [2.05, 4.69) is 5.32 Å². The van der Waals surface area contributed by atoms with Gasteiger partial charge in [-0.05, 0) is 20.8 Å². The second kappa shape index (κ2) is 6.93. The molecule has 0 aromatic carbocycles. The molecule has 1 saturated heterocycles. The Morgan fingerprint density at radius 3 is 2.76 bits per heavy atom. The van der Waals surface area contributed by atoms with Gasteiger partial charge in [-0.1, -0.05) is 0 Å². The summed E-state index contributed by atoms with van der Waals surface area (Å²) in [5.74, 6) is -0.203. The normalized spacial score (nSPS) is 21.2. The number of rotatable bonds is 5. The summed E-state index contributed by atoms with van der Waals surface area (Å²) in [5, 5.41) is 3.21. The third kappa shape index (κ3) is 7.31. The highest BCUT2D eigenvalue weighted by Crippen LogP contribution is 2.06. The van der Waals surface area contributed by atoms with Crippen LogP contribution in [0, 0.1) is 0 Å². The second-order valence-corrected chi connectivity index (χ2v) is 5.11. The lowest BCUT2D eigenvalue weighted by Crippen LogP contribution is -2.42. The van der Waals surface area contributed by atoms with Gasteiger partial charge in [-0.15, -0.1) is 0 Å². The average Bonchev–Trinajstić information content (AvgIpc) is 2.25. The smallest absolute Gasteiger partial charge is 0.307 e. The number of ether oxygens (including phenoxy) is 3. The molecule has 0 bridgehead atoms. The van der Waals surface area contributed by atoms with Crippen molar-refractivity contribution in [3.05, 3.63) is 0 Å². The largest absolute Gasteiger partial charge is 0.463 e. The maximum atomic E-state index is 11.5. The zero-order chi connectivity index (χ0) is 12.7. The summed E-state index contributed by atoms with van der Waals surface area (Å²) in [6.07, 6.45) is 0.357. The molecular formula is C12H23NO4. The minimum Gasteiger partial charge on any atom is -0.463 e. The monoisotopic (exact) mass is 245 g/mol. The van der Waals surface area contributed by atoms with E-state index < -0.39 is 0 Å². The van der Waals surface area contributed by atoms with Gasteiger partial charge in [-0.3, -0.25) is 4.79 Å². The van der Waals surface area contributed by atoms with Crippen molar-refractivity contribution in [3.63, 3.8) is 0 Å². The van der Waals surface area contributed by atoms with Crippen molar-refractivity contribution in [1.82, 2.24) is 5.32 Å². The van der Waals surface area contributed by atoms with Crippen molar-refractivity contribution in [3.8, 4) is 0 Å². The number of carbonyl (C=O) groups excluding carboxylic acids is 1. The Morgan fingerprint density at radius 2 is 2.18 bits per heavy atom. The molecule has 1 fully saturated rings. The maximum Gasteiger partial charge on any atom is 0.307 e. The van der Waals surface area contributed by atoms with Gasteiger partial charge >= 0.3 is 5.97 Å². The molecule has 5 heteroatoms. The maximum absolute atomic E-state index is 11.5. The Hall–Kier alpha value is -0.650. The minimum atomic E-state index is -0.203. The van der Waals surface area contributed by atoms with Crippen LogP contribution in [0.3, 0.4) is 0 Å². The predicted molar refractivity (Wildman–Crippen MR) is 63.9 cm³/mol.